The Morgan fingerprint density at radius 2 is 1.78 bits per heavy atom. The first-order valence-corrected chi connectivity index (χ1v) is 10.4. The van der Waals surface area contributed by atoms with Gasteiger partial charge in [0.05, 0.1) is 19.3 Å². The van der Waals surface area contributed by atoms with Crippen LogP contribution in [0, 0.1) is 0 Å². The second-order valence-corrected chi connectivity index (χ2v) is 7.91. The molecule has 2 N–H and O–H groups in total. The smallest absolute Gasteiger partial charge is 0.315 e. The highest BCUT2D eigenvalue weighted by molar-refractivity contribution is 5.74. The largest absolute Gasteiger partial charge is 0.348 e. The van der Waals surface area contributed by atoms with E-state index in [1.807, 2.05) is 6.07 Å². The average molecular weight is 373 g/mol. The first-order chi connectivity index (χ1) is 13.2. The number of carbonyl (C=O) groups excluding carboxylic acids is 1. The van der Waals surface area contributed by atoms with Gasteiger partial charge in [0.15, 0.2) is 5.79 Å². The Hall–Kier alpha value is -1.63. The van der Waals surface area contributed by atoms with Gasteiger partial charge in [-0.25, -0.2) is 4.79 Å². The number of nitrogens with zero attached hydrogens (tertiary/aromatic N) is 1. The molecule has 1 spiro atoms. The summed E-state index contributed by atoms with van der Waals surface area (Å²) in [6, 6.07) is 10.9. The molecule has 3 fully saturated rings. The Morgan fingerprint density at radius 3 is 2.44 bits per heavy atom. The Morgan fingerprint density at radius 1 is 1.11 bits per heavy atom. The standard InChI is InChI=1S/C21H31N3O3/c25-20(23-18-8-10-21(11-9-18)26-14-15-27-21)22-16-19(24-12-4-5-13-24)17-6-2-1-3-7-17/h1-3,6-7,18-19H,4-5,8-16H2,(H2,22,23,25). The van der Waals surface area contributed by atoms with Crippen molar-refractivity contribution in [3.05, 3.63) is 35.9 Å². The van der Waals surface area contributed by atoms with Crippen LogP contribution < -0.4 is 10.6 Å². The van der Waals surface area contributed by atoms with Crippen molar-refractivity contribution < 1.29 is 14.3 Å². The highest BCUT2D eigenvalue weighted by Gasteiger charge is 2.40. The quantitative estimate of drug-likeness (QED) is 0.833. The molecule has 6 nitrogen and oxygen atoms in total. The molecule has 0 radical (unpaired) electrons. The van der Waals surface area contributed by atoms with Crippen molar-refractivity contribution in [3.63, 3.8) is 0 Å². The summed E-state index contributed by atoms with van der Waals surface area (Å²) in [6.45, 7) is 4.23. The lowest BCUT2D eigenvalue weighted by Crippen LogP contribution is -2.48. The number of ether oxygens (including phenoxy) is 2. The van der Waals surface area contributed by atoms with E-state index >= 15 is 0 Å². The predicted octanol–water partition coefficient (Wildman–Crippen LogP) is 2.81. The fourth-order valence-electron chi connectivity index (χ4n) is 4.60. The SMILES string of the molecule is O=C(NCC(c1ccccc1)N1CCCC1)NC1CCC2(CC1)OCCO2. The van der Waals surface area contributed by atoms with E-state index in [9.17, 15) is 4.79 Å². The molecule has 0 bridgehead atoms. The minimum Gasteiger partial charge on any atom is -0.348 e. The molecule has 1 aromatic rings. The number of urea groups is 1. The lowest BCUT2D eigenvalue weighted by Gasteiger charge is -2.35. The van der Waals surface area contributed by atoms with Crippen molar-refractivity contribution in [3.8, 4) is 0 Å². The maximum absolute atomic E-state index is 12.5. The van der Waals surface area contributed by atoms with Crippen molar-refractivity contribution in [1.82, 2.24) is 15.5 Å². The number of rotatable bonds is 5. The molecule has 1 aromatic carbocycles. The van der Waals surface area contributed by atoms with E-state index in [2.05, 4.69) is 39.8 Å². The van der Waals surface area contributed by atoms with Gasteiger partial charge in [-0.2, -0.15) is 0 Å². The zero-order chi connectivity index (χ0) is 18.5. The summed E-state index contributed by atoms with van der Waals surface area (Å²) in [5.74, 6) is -0.372. The van der Waals surface area contributed by atoms with Crippen LogP contribution in [0.1, 0.15) is 50.1 Å². The van der Waals surface area contributed by atoms with Gasteiger partial charge in [-0.3, -0.25) is 4.90 Å². The molecule has 4 rings (SSSR count). The van der Waals surface area contributed by atoms with Gasteiger partial charge in [-0.15, -0.1) is 0 Å². The Bertz CT molecular complexity index is 602. The highest BCUT2D eigenvalue weighted by Crippen LogP contribution is 2.35. The van der Waals surface area contributed by atoms with E-state index < -0.39 is 0 Å². The normalized spacial score (nSPS) is 24.1. The summed E-state index contributed by atoms with van der Waals surface area (Å²) < 4.78 is 11.5. The third kappa shape index (κ3) is 4.62. The fraction of sp³-hybridized carbons (Fsp3) is 0.667. The molecule has 2 heterocycles. The van der Waals surface area contributed by atoms with Crippen LogP contribution in [0.3, 0.4) is 0 Å². The van der Waals surface area contributed by atoms with Gasteiger partial charge in [0.25, 0.3) is 0 Å². The molecule has 1 unspecified atom stereocenters. The summed E-state index contributed by atoms with van der Waals surface area (Å²) in [6.07, 6.45) is 6.01. The van der Waals surface area contributed by atoms with Crippen molar-refractivity contribution in [1.29, 1.82) is 0 Å². The highest BCUT2D eigenvalue weighted by atomic mass is 16.7. The van der Waals surface area contributed by atoms with E-state index in [0.29, 0.717) is 19.8 Å². The number of hydrogen-bond donors (Lipinski definition) is 2. The van der Waals surface area contributed by atoms with Gasteiger partial charge in [0.2, 0.25) is 0 Å². The Labute approximate surface area is 161 Å². The summed E-state index contributed by atoms with van der Waals surface area (Å²) in [5, 5.41) is 6.26. The number of benzene rings is 1. The molecule has 2 amide bonds. The number of hydrogen-bond acceptors (Lipinski definition) is 4. The van der Waals surface area contributed by atoms with Gasteiger partial charge in [-0.1, -0.05) is 30.3 Å². The first-order valence-electron chi connectivity index (χ1n) is 10.4. The van der Waals surface area contributed by atoms with Crippen molar-refractivity contribution in [2.75, 3.05) is 32.8 Å². The Kier molecular flexibility index (Phi) is 5.95. The molecule has 6 heteroatoms. The lowest BCUT2D eigenvalue weighted by atomic mass is 9.90. The minimum atomic E-state index is -0.372. The van der Waals surface area contributed by atoms with Crippen LogP contribution in [0.2, 0.25) is 0 Å². The number of carbonyl (C=O) groups is 1. The summed E-state index contributed by atoms with van der Waals surface area (Å²) in [7, 11) is 0. The van der Waals surface area contributed by atoms with E-state index in [1.165, 1.54) is 18.4 Å². The average Bonchev–Trinajstić information content (AvgIpc) is 3.38. The van der Waals surface area contributed by atoms with Gasteiger partial charge in [-0.05, 0) is 44.3 Å². The maximum Gasteiger partial charge on any atom is 0.315 e. The second-order valence-electron chi connectivity index (χ2n) is 7.91. The van der Waals surface area contributed by atoms with Crippen LogP contribution >= 0.6 is 0 Å². The zero-order valence-corrected chi connectivity index (χ0v) is 16.0. The zero-order valence-electron chi connectivity index (χ0n) is 16.0. The molecule has 0 aromatic heterocycles. The molecular weight excluding hydrogens is 342 g/mol. The summed E-state index contributed by atoms with van der Waals surface area (Å²) in [5.41, 5.74) is 1.27. The lowest BCUT2D eigenvalue weighted by molar-refractivity contribution is -0.179. The number of nitrogens with one attached hydrogen (secondary N) is 2. The predicted molar refractivity (Wildman–Crippen MR) is 103 cm³/mol. The molecule has 3 aliphatic rings. The molecule has 1 aliphatic carbocycles. The molecule has 27 heavy (non-hydrogen) atoms. The van der Waals surface area contributed by atoms with E-state index in [1.54, 1.807) is 0 Å². The van der Waals surface area contributed by atoms with Crippen LogP contribution in [0.15, 0.2) is 30.3 Å². The van der Waals surface area contributed by atoms with E-state index in [4.69, 9.17) is 9.47 Å². The van der Waals surface area contributed by atoms with Crippen molar-refractivity contribution in [2.24, 2.45) is 0 Å². The molecule has 1 atom stereocenters. The van der Waals surface area contributed by atoms with Crippen molar-refractivity contribution in [2.45, 2.75) is 56.4 Å². The van der Waals surface area contributed by atoms with Gasteiger partial charge in [0.1, 0.15) is 0 Å². The van der Waals surface area contributed by atoms with Crippen LogP contribution in [-0.2, 0) is 9.47 Å². The van der Waals surface area contributed by atoms with Crippen LogP contribution in [0.4, 0.5) is 4.79 Å². The molecule has 148 valence electrons. The van der Waals surface area contributed by atoms with Gasteiger partial charge >= 0.3 is 6.03 Å². The molecular formula is C21H31N3O3. The van der Waals surface area contributed by atoms with Crippen LogP contribution in [0.25, 0.3) is 0 Å². The second kappa shape index (κ2) is 8.59. The minimum absolute atomic E-state index is 0.0654. The van der Waals surface area contributed by atoms with E-state index in [-0.39, 0.29) is 23.9 Å². The molecule has 1 saturated carbocycles. The fourth-order valence-corrected chi connectivity index (χ4v) is 4.60. The summed E-state index contributed by atoms with van der Waals surface area (Å²) in [4.78, 5) is 15.0. The number of amides is 2. The van der Waals surface area contributed by atoms with Crippen LogP contribution in [-0.4, -0.2) is 55.6 Å². The third-order valence-corrected chi connectivity index (χ3v) is 6.12. The molecule has 2 aliphatic heterocycles. The summed E-state index contributed by atoms with van der Waals surface area (Å²) >= 11 is 0. The van der Waals surface area contributed by atoms with Crippen LogP contribution in [0.5, 0.6) is 0 Å². The van der Waals surface area contributed by atoms with E-state index in [0.717, 1.165) is 38.8 Å². The molecule has 2 saturated heterocycles. The first kappa shape index (κ1) is 18.7. The van der Waals surface area contributed by atoms with Crippen molar-refractivity contribution >= 4 is 6.03 Å². The Balaban J connectivity index is 1.27. The topological polar surface area (TPSA) is 62.8 Å². The van der Waals surface area contributed by atoms with Gasteiger partial charge in [0, 0.05) is 25.4 Å². The maximum atomic E-state index is 12.5. The number of likely N-dealkylation sites (tertiary alicyclic amines) is 1. The monoisotopic (exact) mass is 373 g/mol. The third-order valence-electron chi connectivity index (χ3n) is 6.12. The van der Waals surface area contributed by atoms with Gasteiger partial charge < -0.3 is 20.1 Å².